The van der Waals surface area contributed by atoms with E-state index in [0.29, 0.717) is 12.0 Å². The van der Waals surface area contributed by atoms with Gasteiger partial charge in [-0.3, -0.25) is 0 Å². The summed E-state index contributed by atoms with van der Waals surface area (Å²) in [6, 6.07) is 0. The van der Waals surface area contributed by atoms with Crippen molar-refractivity contribution < 1.29 is 4.74 Å². The minimum absolute atomic E-state index is 0.432. The molecule has 58 valence electrons. The molecule has 1 aliphatic carbocycles. The summed E-state index contributed by atoms with van der Waals surface area (Å²) in [5.74, 6) is 0.568. The fourth-order valence-corrected chi connectivity index (χ4v) is 1.59. The van der Waals surface area contributed by atoms with E-state index < -0.39 is 0 Å². The first kappa shape index (κ1) is 7.80. The van der Waals surface area contributed by atoms with Crippen LogP contribution in [0.4, 0.5) is 0 Å². The quantitative estimate of drug-likeness (QED) is 0.508. The third-order valence-corrected chi connectivity index (χ3v) is 2.49. The average molecular weight is 140 g/mol. The normalized spacial score (nSPS) is 34.4. The minimum Gasteiger partial charge on any atom is -0.381 e. The molecule has 2 atom stereocenters. The lowest BCUT2D eigenvalue weighted by molar-refractivity contribution is 0.0512. The van der Waals surface area contributed by atoms with Crippen LogP contribution >= 0.6 is 0 Å². The van der Waals surface area contributed by atoms with Gasteiger partial charge in [0.2, 0.25) is 0 Å². The molecule has 0 N–H and O–H groups in total. The Bertz CT molecular complexity index is 129. The zero-order chi connectivity index (χ0) is 7.56. The summed E-state index contributed by atoms with van der Waals surface area (Å²) in [4.78, 5) is 0. The number of ether oxygens (including phenoxy) is 1. The van der Waals surface area contributed by atoms with Crippen molar-refractivity contribution in [3.8, 4) is 0 Å². The second kappa shape index (κ2) is 3.20. The van der Waals surface area contributed by atoms with E-state index in [2.05, 4.69) is 13.5 Å². The highest BCUT2D eigenvalue weighted by Gasteiger charge is 2.23. The second-order valence-electron chi connectivity index (χ2n) is 3.11. The van der Waals surface area contributed by atoms with E-state index in [1.807, 2.05) is 0 Å². The van der Waals surface area contributed by atoms with Gasteiger partial charge in [-0.1, -0.05) is 19.1 Å². The van der Waals surface area contributed by atoms with E-state index in [1.165, 1.54) is 24.8 Å². The summed E-state index contributed by atoms with van der Waals surface area (Å²) in [7, 11) is 1.79. The zero-order valence-electron chi connectivity index (χ0n) is 6.89. The molecule has 1 nitrogen and oxygen atoms in total. The van der Waals surface area contributed by atoms with E-state index in [1.54, 1.807) is 7.11 Å². The highest BCUT2D eigenvalue weighted by molar-refractivity contribution is 5.05. The first-order valence-electron chi connectivity index (χ1n) is 3.96. The summed E-state index contributed by atoms with van der Waals surface area (Å²) >= 11 is 0. The lowest BCUT2D eigenvalue weighted by Gasteiger charge is -2.29. The number of methoxy groups -OCH3 is 1. The molecule has 0 aliphatic heterocycles. The molecule has 0 bridgehead atoms. The molecule has 0 aromatic rings. The van der Waals surface area contributed by atoms with Crippen LogP contribution in [0.25, 0.3) is 0 Å². The van der Waals surface area contributed by atoms with Gasteiger partial charge in [0.15, 0.2) is 0 Å². The number of rotatable bonds is 1. The van der Waals surface area contributed by atoms with Gasteiger partial charge in [0.25, 0.3) is 0 Å². The van der Waals surface area contributed by atoms with Crippen molar-refractivity contribution in [2.45, 2.75) is 32.3 Å². The fraction of sp³-hybridized carbons (Fsp3) is 0.778. The van der Waals surface area contributed by atoms with Crippen molar-refractivity contribution in [3.63, 3.8) is 0 Å². The predicted molar refractivity (Wildman–Crippen MR) is 43.0 cm³/mol. The Labute approximate surface area is 63.1 Å². The molecule has 1 heteroatoms. The van der Waals surface area contributed by atoms with Gasteiger partial charge in [-0.15, -0.1) is 0 Å². The van der Waals surface area contributed by atoms with Crippen LogP contribution in [0.2, 0.25) is 0 Å². The standard InChI is InChI=1S/C9H16O/c1-7-5-4-6-9(10-3)8(7)2/h8-9H,1,4-6H2,2-3H3. The van der Waals surface area contributed by atoms with Gasteiger partial charge in [0, 0.05) is 13.0 Å². The molecular weight excluding hydrogens is 124 g/mol. The van der Waals surface area contributed by atoms with Gasteiger partial charge in [0.1, 0.15) is 0 Å². The van der Waals surface area contributed by atoms with Crippen LogP contribution in [0.3, 0.4) is 0 Å². The molecule has 0 radical (unpaired) electrons. The Hall–Kier alpha value is -0.300. The van der Waals surface area contributed by atoms with E-state index in [-0.39, 0.29) is 0 Å². The first-order chi connectivity index (χ1) is 4.75. The van der Waals surface area contributed by atoms with Crippen molar-refractivity contribution in [2.24, 2.45) is 5.92 Å². The molecule has 0 aromatic heterocycles. The van der Waals surface area contributed by atoms with Gasteiger partial charge >= 0.3 is 0 Å². The summed E-state index contributed by atoms with van der Waals surface area (Å²) in [6.45, 7) is 6.22. The average Bonchev–Trinajstić information content (AvgIpc) is 1.95. The molecule has 1 aliphatic rings. The van der Waals surface area contributed by atoms with E-state index in [4.69, 9.17) is 4.74 Å². The summed E-state index contributed by atoms with van der Waals surface area (Å²) in [5.41, 5.74) is 1.36. The van der Waals surface area contributed by atoms with Crippen molar-refractivity contribution in [2.75, 3.05) is 7.11 Å². The third-order valence-electron chi connectivity index (χ3n) is 2.49. The van der Waals surface area contributed by atoms with Crippen molar-refractivity contribution in [1.82, 2.24) is 0 Å². The lowest BCUT2D eigenvalue weighted by Crippen LogP contribution is -2.25. The van der Waals surface area contributed by atoms with E-state index >= 15 is 0 Å². The second-order valence-corrected chi connectivity index (χ2v) is 3.11. The van der Waals surface area contributed by atoms with Crippen molar-refractivity contribution in [3.05, 3.63) is 12.2 Å². The zero-order valence-corrected chi connectivity index (χ0v) is 6.89. The fourth-order valence-electron chi connectivity index (χ4n) is 1.59. The number of hydrogen-bond donors (Lipinski definition) is 0. The molecular formula is C9H16O. The molecule has 1 rings (SSSR count). The van der Waals surface area contributed by atoms with Gasteiger partial charge < -0.3 is 4.74 Å². The maximum Gasteiger partial charge on any atom is 0.0633 e. The van der Waals surface area contributed by atoms with Crippen LogP contribution in [0.15, 0.2) is 12.2 Å². The summed E-state index contributed by atoms with van der Waals surface area (Å²) in [6.07, 6.45) is 4.08. The van der Waals surface area contributed by atoms with Gasteiger partial charge in [-0.05, 0) is 19.3 Å². The molecule has 10 heavy (non-hydrogen) atoms. The van der Waals surface area contributed by atoms with Crippen LogP contribution in [0, 0.1) is 5.92 Å². The Morgan fingerprint density at radius 3 is 2.80 bits per heavy atom. The largest absolute Gasteiger partial charge is 0.381 e. The lowest BCUT2D eigenvalue weighted by atomic mass is 9.84. The van der Waals surface area contributed by atoms with E-state index in [0.717, 1.165) is 0 Å². The Morgan fingerprint density at radius 1 is 1.60 bits per heavy atom. The van der Waals surface area contributed by atoms with Crippen LogP contribution in [-0.2, 0) is 4.74 Å². The Kier molecular flexibility index (Phi) is 2.50. The third kappa shape index (κ3) is 1.40. The highest BCUT2D eigenvalue weighted by Crippen LogP contribution is 2.29. The van der Waals surface area contributed by atoms with Gasteiger partial charge in [-0.2, -0.15) is 0 Å². The van der Waals surface area contributed by atoms with Crippen LogP contribution in [-0.4, -0.2) is 13.2 Å². The summed E-state index contributed by atoms with van der Waals surface area (Å²) < 4.78 is 5.31. The van der Waals surface area contributed by atoms with Gasteiger partial charge in [-0.25, -0.2) is 0 Å². The Morgan fingerprint density at radius 2 is 2.30 bits per heavy atom. The molecule has 0 spiro atoms. The van der Waals surface area contributed by atoms with Crippen LogP contribution in [0.5, 0.6) is 0 Å². The molecule has 0 heterocycles. The van der Waals surface area contributed by atoms with Crippen molar-refractivity contribution in [1.29, 1.82) is 0 Å². The molecule has 1 fully saturated rings. The maximum absolute atomic E-state index is 5.31. The monoisotopic (exact) mass is 140 g/mol. The topological polar surface area (TPSA) is 9.23 Å². The van der Waals surface area contributed by atoms with E-state index in [9.17, 15) is 0 Å². The predicted octanol–water partition coefficient (Wildman–Crippen LogP) is 2.38. The molecule has 1 saturated carbocycles. The first-order valence-corrected chi connectivity index (χ1v) is 3.96. The maximum atomic E-state index is 5.31. The summed E-state index contributed by atoms with van der Waals surface area (Å²) in [5, 5.41) is 0. The van der Waals surface area contributed by atoms with Crippen molar-refractivity contribution >= 4 is 0 Å². The molecule has 0 amide bonds. The van der Waals surface area contributed by atoms with Crippen LogP contribution < -0.4 is 0 Å². The molecule has 0 aromatic carbocycles. The van der Waals surface area contributed by atoms with Gasteiger partial charge in [0.05, 0.1) is 6.10 Å². The highest BCUT2D eigenvalue weighted by atomic mass is 16.5. The molecule has 2 unspecified atom stereocenters. The Balaban J connectivity index is 2.51. The SMILES string of the molecule is C=C1CCCC(OC)C1C. The van der Waals surface area contributed by atoms with Crippen LogP contribution in [0.1, 0.15) is 26.2 Å². The molecule has 0 saturated heterocycles. The minimum atomic E-state index is 0.432. The number of hydrogen-bond acceptors (Lipinski definition) is 1. The smallest absolute Gasteiger partial charge is 0.0633 e.